The Labute approximate surface area is 106 Å². The third-order valence-corrected chi connectivity index (χ3v) is 2.50. The predicted octanol–water partition coefficient (Wildman–Crippen LogP) is 2.02. The van der Waals surface area contributed by atoms with Gasteiger partial charge in [-0.1, -0.05) is 0 Å². The average molecular weight is 296 g/mol. The fourth-order valence-electron chi connectivity index (χ4n) is 1.24. The van der Waals surface area contributed by atoms with Crippen LogP contribution in [-0.4, -0.2) is 15.0 Å². The van der Waals surface area contributed by atoms with Gasteiger partial charge in [-0.2, -0.15) is 0 Å². The highest BCUT2D eigenvalue weighted by Gasteiger charge is 2.08. The Hall–Kier alpha value is -1.73. The minimum Gasteiger partial charge on any atom is -0.437 e. The van der Waals surface area contributed by atoms with Crippen molar-refractivity contribution in [2.24, 2.45) is 5.84 Å². The second-order valence-corrected chi connectivity index (χ2v) is 4.15. The molecule has 0 unspecified atom stereocenters. The lowest BCUT2D eigenvalue weighted by Crippen LogP contribution is -2.11. The number of halogens is 1. The van der Waals surface area contributed by atoms with Crippen LogP contribution in [0, 0.1) is 6.92 Å². The lowest BCUT2D eigenvalue weighted by Gasteiger charge is -2.09. The normalized spacial score (nSPS) is 10.1. The van der Waals surface area contributed by atoms with Crippen molar-refractivity contribution in [3.05, 3.63) is 34.8 Å². The molecule has 2 aromatic heterocycles. The van der Waals surface area contributed by atoms with Crippen molar-refractivity contribution in [3.8, 4) is 11.6 Å². The van der Waals surface area contributed by atoms with Crippen LogP contribution in [0.2, 0.25) is 0 Å². The molecule has 0 spiro atoms. The Morgan fingerprint density at radius 2 is 2.18 bits per heavy atom. The molecule has 0 saturated heterocycles. The van der Waals surface area contributed by atoms with Crippen molar-refractivity contribution in [1.82, 2.24) is 15.0 Å². The van der Waals surface area contributed by atoms with E-state index in [4.69, 9.17) is 10.6 Å². The van der Waals surface area contributed by atoms with Crippen molar-refractivity contribution in [2.45, 2.75) is 6.92 Å². The van der Waals surface area contributed by atoms with E-state index in [9.17, 15) is 0 Å². The molecule has 2 rings (SSSR count). The first-order valence-electron chi connectivity index (χ1n) is 4.77. The summed E-state index contributed by atoms with van der Waals surface area (Å²) in [6.07, 6.45) is 4.65. The Kier molecular flexibility index (Phi) is 3.50. The molecule has 0 aliphatic heterocycles. The van der Waals surface area contributed by atoms with E-state index in [0.29, 0.717) is 17.4 Å². The number of pyridine rings is 1. The van der Waals surface area contributed by atoms with Crippen molar-refractivity contribution >= 4 is 21.7 Å². The van der Waals surface area contributed by atoms with E-state index in [0.717, 1.165) is 10.0 Å². The summed E-state index contributed by atoms with van der Waals surface area (Å²) in [6.45, 7) is 1.82. The van der Waals surface area contributed by atoms with Crippen LogP contribution in [0.3, 0.4) is 0 Å². The van der Waals surface area contributed by atoms with Crippen LogP contribution in [-0.2, 0) is 0 Å². The number of nitrogens with two attached hydrogens (primary N) is 1. The number of anilines is 1. The van der Waals surface area contributed by atoms with Crippen molar-refractivity contribution < 1.29 is 4.74 Å². The summed E-state index contributed by atoms with van der Waals surface area (Å²) >= 11 is 3.31. The van der Waals surface area contributed by atoms with E-state index in [1.165, 1.54) is 6.33 Å². The van der Waals surface area contributed by atoms with Gasteiger partial charge in [-0.3, -0.25) is 4.98 Å². The maximum atomic E-state index is 5.59. The van der Waals surface area contributed by atoms with E-state index in [1.807, 2.05) is 6.92 Å². The van der Waals surface area contributed by atoms with E-state index < -0.39 is 0 Å². The molecule has 0 aliphatic rings. The Morgan fingerprint density at radius 3 is 2.88 bits per heavy atom. The lowest BCUT2D eigenvalue weighted by atomic mass is 10.3. The third-order valence-electron chi connectivity index (χ3n) is 2.07. The summed E-state index contributed by atoms with van der Waals surface area (Å²) in [5, 5.41) is 0. The predicted molar refractivity (Wildman–Crippen MR) is 66.6 cm³/mol. The highest BCUT2D eigenvalue weighted by molar-refractivity contribution is 9.10. The summed E-state index contributed by atoms with van der Waals surface area (Å²) in [5.41, 5.74) is 3.21. The number of aromatic nitrogens is 3. The van der Waals surface area contributed by atoms with Gasteiger partial charge in [-0.25, -0.2) is 15.8 Å². The summed E-state index contributed by atoms with van der Waals surface area (Å²) < 4.78 is 6.43. The highest BCUT2D eigenvalue weighted by Crippen LogP contribution is 2.26. The van der Waals surface area contributed by atoms with E-state index in [-0.39, 0.29) is 0 Å². The fourth-order valence-corrected chi connectivity index (χ4v) is 1.59. The van der Waals surface area contributed by atoms with E-state index in [1.54, 1.807) is 18.5 Å². The zero-order chi connectivity index (χ0) is 12.3. The van der Waals surface area contributed by atoms with Crippen LogP contribution in [0.1, 0.15) is 5.56 Å². The molecule has 0 aliphatic carbocycles. The van der Waals surface area contributed by atoms with Crippen LogP contribution < -0.4 is 16.0 Å². The van der Waals surface area contributed by atoms with Gasteiger partial charge in [0.05, 0.1) is 11.8 Å². The molecule has 0 aromatic carbocycles. The summed E-state index contributed by atoms with van der Waals surface area (Å²) in [5.74, 6) is 6.87. The van der Waals surface area contributed by atoms with Gasteiger partial charge in [-0.15, -0.1) is 0 Å². The Morgan fingerprint density at radius 1 is 1.35 bits per heavy atom. The van der Waals surface area contributed by atoms with Crippen LogP contribution in [0.15, 0.2) is 29.3 Å². The van der Waals surface area contributed by atoms with Gasteiger partial charge in [0, 0.05) is 10.7 Å². The molecule has 7 heteroatoms. The van der Waals surface area contributed by atoms with E-state index in [2.05, 4.69) is 36.3 Å². The number of nitrogen functional groups attached to an aromatic ring is 1. The number of hydrogen-bond donors (Lipinski definition) is 2. The van der Waals surface area contributed by atoms with Crippen molar-refractivity contribution in [1.29, 1.82) is 0 Å². The first-order valence-corrected chi connectivity index (χ1v) is 5.56. The maximum Gasteiger partial charge on any atom is 0.227 e. The molecule has 0 bridgehead atoms. The molecule has 0 fully saturated rings. The summed E-state index contributed by atoms with van der Waals surface area (Å²) in [6, 6.07) is 1.80. The number of nitrogens with zero attached hydrogens (tertiary/aromatic N) is 3. The minimum absolute atomic E-state index is 0.438. The van der Waals surface area contributed by atoms with Gasteiger partial charge in [0.1, 0.15) is 17.9 Å². The number of rotatable bonds is 3. The molecule has 0 saturated carbocycles. The quantitative estimate of drug-likeness (QED) is 0.665. The molecule has 2 heterocycles. The monoisotopic (exact) mass is 295 g/mol. The molecule has 2 aromatic rings. The van der Waals surface area contributed by atoms with Gasteiger partial charge < -0.3 is 10.2 Å². The molecule has 17 heavy (non-hydrogen) atoms. The molecular weight excluding hydrogens is 286 g/mol. The van der Waals surface area contributed by atoms with Gasteiger partial charge in [-0.05, 0) is 28.9 Å². The zero-order valence-corrected chi connectivity index (χ0v) is 10.6. The standard InChI is InChI=1S/C10H10BrN5O/c1-6-9(16-12)14-5-15-10(6)17-8-2-7(11)3-13-4-8/h2-5H,12H2,1H3,(H,14,15,16). The largest absolute Gasteiger partial charge is 0.437 e. The number of hydrazine groups is 1. The second kappa shape index (κ2) is 5.07. The highest BCUT2D eigenvalue weighted by atomic mass is 79.9. The Balaban J connectivity index is 2.30. The number of nitrogens with one attached hydrogen (secondary N) is 1. The van der Waals surface area contributed by atoms with Crippen molar-refractivity contribution in [3.63, 3.8) is 0 Å². The Bertz CT molecular complexity index is 534. The van der Waals surface area contributed by atoms with Gasteiger partial charge in [0.25, 0.3) is 0 Å². The molecular formula is C10H10BrN5O. The van der Waals surface area contributed by atoms with Crippen LogP contribution >= 0.6 is 15.9 Å². The van der Waals surface area contributed by atoms with Gasteiger partial charge in [0.15, 0.2) is 0 Å². The second-order valence-electron chi connectivity index (χ2n) is 3.24. The number of hydrogen-bond acceptors (Lipinski definition) is 6. The lowest BCUT2D eigenvalue weighted by molar-refractivity contribution is 0.455. The van der Waals surface area contributed by atoms with Gasteiger partial charge >= 0.3 is 0 Å². The zero-order valence-electron chi connectivity index (χ0n) is 9.01. The molecule has 3 N–H and O–H groups in total. The molecule has 6 nitrogen and oxygen atoms in total. The van der Waals surface area contributed by atoms with Crippen LogP contribution in [0.5, 0.6) is 11.6 Å². The first kappa shape index (κ1) is 11.7. The van der Waals surface area contributed by atoms with Crippen molar-refractivity contribution in [2.75, 3.05) is 5.43 Å². The third kappa shape index (κ3) is 2.69. The summed E-state index contributed by atoms with van der Waals surface area (Å²) in [7, 11) is 0. The van der Waals surface area contributed by atoms with Gasteiger partial charge in [0.2, 0.25) is 5.88 Å². The van der Waals surface area contributed by atoms with E-state index >= 15 is 0 Å². The molecule has 0 amide bonds. The smallest absolute Gasteiger partial charge is 0.227 e. The fraction of sp³-hybridized carbons (Fsp3) is 0.100. The SMILES string of the molecule is Cc1c(NN)ncnc1Oc1cncc(Br)c1. The number of ether oxygens (including phenoxy) is 1. The molecule has 0 radical (unpaired) electrons. The maximum absolute atomic E-state index is 5.59. The van der Waals surface area contributed by atoms with Crippen LogP contribution in [0.25, 0.3) is 0 Å². The summed E-state index contributed by atoms with van der Waals surface area (Å²) in [4.78, 5) is 12.0. The molecule has 88 valence electrons. The average Bonchev–Trinajstić information content (AvgIpc) is 2.32. The van der Waals surface area contributed by atoms with Crippen LogP contribution in [0.4, 0.5) is 5.82 Å². The first-order chi connectivity index (χ1) is 8.20. The molecule has 0 atom stereocenters. The topological polar surface area (TPSA) is 86.0 Å². The minimum atomic E-state index is 0.438.